The number of pyridine rings is 1. The van der Waals surface area contributed by atoms with Crippen LogP contribution in [0.5, 0.6) is 0 Å². The van der Waals surface area contributed by atoms with Crippen molar-refractivity contribution in [1.29, 1.82) is 5.26 Å². The molecule has 7 heteroatoms. The van der Waals surface area contributed by atoms with E-state index in [1.807, 2.05) is 43.0 Å². The number of aromatic nitrogens is 1. The Kier molecular flexibility index (Phi) is 8.71. The predicted octanol–water partition coefficient (Wildman–Crippen LogP) is 4.52. The Bertz CT molecular complexity index is 1280. The van der Waals surface area contributed by atoms with E-state index in [0.29, 0.717) is 18.7 Å². The van der Waals surface area contributed by atoms with E-state index in [-0.39, 0.29) is 11.9 Å². The van der Waals surface area contributed by atoms with E-state index in [1.165, 1.54) is 0 Å². The van der Waals surface area contributed by atoms with Gasteiger partial charge in [0.15, 0.2) is 0 Å². The minimum absolute atomic E-state index is 0.0838. The van der Waals surface area contributed by atoms with Crippen LogP contribution in [0.15, 0.2) is 60.0 Å². The van der Waals surface area contributed by atoms with Crippen LogP contribution in [0.2, 0.25) is 0 Å². The van der Waals surface area contributed by atoms with Crippen molar-refractivity contribution in [2.45, 2.75) is 39.7 Å². The van der Waals surface area contributed by atoms with E-state index in [1.54, 1.807) is 18.3 Å². The van der Waals surface area contributed by atoms with Gasteiger partial charge in [0.25, 0.3) is 5.91 Å². The minimum Gasteiger partial charge on any atom is -0.382 e. The summed E-state index contributed by atoms with van der Waals surface area (Å²) in [5.74, 6) is 3.62. The summed E-state index contributed by atoms with van der Waals surface area (Å²) in [5, 5.41) is 13.2. The highest BCUT2D eigenvalue weighted by Crippen LogP contribution is 2.27. The molecule has 1 N–H and O–H groups in total. The normalized spacial score (nSPS) is 17.1. The van der Waals surface area contributed by atoms with Gasteiger partial charge in [-0.25, -0.2) is 4.98 Å². The Morgan fingerprint density at radius 1 is 1.08 bits per heavy atom. The zero-order valence-corrected chi connectivity index (χ0v) is 22.6. The average molecular weight is 509 g/mol. The highest BCUT2D eigenvalue weighted by molar-refractivity contribution is 5.97. The molecule has 1 amide bonds. The maximum atomic E-state index is 13.5. The van der Waals surface area contributed by atoms with Gasteiger partial charge < -0.3 is 20.0 Å². The predicted molar refractivity (Wildman–Crippen MR) is 153 cm³/mol. The van der Waals surface area contributed by atoms with Crippen molar-refractivity contribution in [3.05, 3.63) is 76.6 Å². The quantitative estimate of drug-likeness (QED) is 0.351. The Morgan fingerprint density at radius 2 is 1.82 bits per heavy atom. The molecule has 0 unspecified atom stereocenters. The summed E-state index contributed by atoms with van der Waals surface area (Å²) in [6.45, 7) is 10.5. The number of aryl methyl sites for hydroxylation is 2. The number of nitrogens with one attached hydrogen (secondary N) is 1. The average Bonchev–Trinajstić information content (AvgIpc) is 2.95. The molecule has 2 saturated heterocycles. The van der Waals surface area contributed by atoms with Crippen LogP contribution in [-0.2, 0) is 0 Å². The zero-order valence-electron chi connectivity index (χ0n) is 22.6. The molecule has 0 bridgehead atoms. The molecule has 0 aliphatic carbocycles. The van der Waals surface area contributed by atoms with Crippen molar-refractivity contribution < 1.29 is 4.79 Å². The number of hydrogen-bond donors (Lipinski definition) is 1. The fraction of sp³-hybridized carbons (Fsp3) is 0.387. The standard InChI is InChI=1S/C31H36N6O/c1-5-9-29(25(6-2)22-32)35-14-11-26(12-15-35)34-28-21-27(23(3)20-24(28)4)31(38)37-18-16-36(17-19-37)30-10-7-8-13-33-30/h1,6-10,13,20-21,26,34H,11-12,14-19H2,2-4H3/b25-6-,29-9+. The molecule has 0 atom stereocenters. The van der Waals surface area contributed by atoms with Gasteiger partial charge >= 0.3 is 0 Å². The molecule has 196 valence electrons. The second-order valence-electron chi connectivity index (χ2n) is 9.87. The van der Waals surface area contributed by atoms with Crippen molar-refractivity contribution in [3.63, 3.8) is 0 Å². The Hall–Kier alpha value is -4.23. The van der Waals surface area contributed by atoms with E-state index >= 15 is 0 Å². The van der Waals surface area contributed by atoms with Gasteiger partial charge in [-0.05, 0) is 62.9 Å². The summed E-state index contributed by atoms with van der Waals surface area (Å²) in [4.78, 5) is 24.3. The molecule has 0 saturated carbocycles. The monoisotopic (exact) mass is 508 g/mol. The molecule has 2 aliphatic rings. The van der Waals surface area contributed by atoms with Crippen LogP contribution in [0.3, 0.4) is 0 Å². The minimum atomic E-state index is 0.0838. The lowest BCUT2D eigenvalue weighted by atomic mass is 9.99. The van der Waals surface area contributed by atoms with Crippen molar-refractivity contribution in [2.75, 3.05) is 49.5 Å². The van der Waals surface area contributed by atoms with Gasteiger partial charge in [-0.1, -0.05) is 24.1 Å². The summed E-state index contributed by atoms with van der Waals surface area (Å²) in [5.41, 5.74) is 5.32. The number of terminal acetylenes is 1. The number of benzene rings is 1. The van der Waals surface area contributed by atoms with E-state index in [9.17, 15) is 10.1 Å². The number of likely N-dealkylation sites (tertiary alicyclic amines) is 1. The topological polar surface area (TPSA) is 75.5 Å². The first kappa shape index (κ1) is 26.8. The van der Waals surface area contributed by atoms with Crippen LogP contribution in [0.1, 0.15) is 41.3 Å². The van der Waals surface area contributed by atoms with Gasteiger partial charge in [0.2, 0.25) is 0 Å². The van der Waals surface area contributed by atoms with Crippen LogP contribution >= 0.6 is 0 Å². The largest absolute Gasteiger partial charge is 0.382 e. The van der Waals surface area contributed by atoms with Crippen LogP contribution < -0.4 is 10.2 Å². The molecule has 1 aromatic carbocycles. The molecule has 3 heterocycles. The number of nitriles is 1. The smallest absolute Gasteiger partial charge is 0.254 e. The Labute approximate surface area is 226 Å². The van der Waals surface area contributed by atoms with Crippen LogP contribution in [-0.4, -0.2) is 66.0 Å². The summed E-state index contributed by atoms with van der Waals surface area (Å²) >= 11 is 0. The van der Waals surface area contributed by atoms with E-state index in [4.69, 9.17) is 6.42 Å². The summed E-state index contributed by atoms with van der Waals surface area (Å²) < 4.78 is 0. The molecular formula is C31H36N6O. The second kappa shape index (κ2) is 12.3. The maximum absolute atomic E-state index is 13.5. The lowest BCUT2D eigenvalue weighted by molar-refractivity contribution is 0.0746. The lowest BCUT2D eigenvalue weighted by Crippen LogP contribution is -2.49. The van der Waals surface area contributed by atoms with Gasteiger partial charge in [0, 0.05) is 68.8 Å². The second-order valence-corrected chi connectivity index (χ2v) is 9.87. The molecule has 38 heavy (non-hydrogen) atoms. The third-order valence-electron chi connectivity index (χ3n) is 7.44. The molecule has 0 radical (unpaired) electrons. The lowest BCUT2D eigenvalue weighted by Gasteiger charge is -2.36. The van der Waals surface area contributed by atoms with E-state index in [0.717, 1.165) is 72.9 Å². The number of piperazine rings is 1. The highest BCUT2D eigenvalue weighted by atomic mass is 16.2. The molecule has 2 fully saturated rings. The molecule has 2 aliphatic heterocycles. The maximum Gasteiger partial charge on any atom is 0.254 e. The van der Waals surface area contributed by atoms with Gasteiger partial charge in [0.1, 0.15) is 11.9 Å². The van der Waals surface area contributed by atoms with Crippen molar-refractivity contribution >= 4 is 17.4 Å². The first-order chi connectivity index (χ1) is 18.4. The van der Waals surface area contributed by atoms with Crippen molar-refractivity contribution in [1.82, 2.24) is 14.8 Å². The molecule has 0 spiro atoms. The zero-order chi connectivity index (χ0) is 27.1. The van der Waals surface area contributed by atoms with Crippen molar-refractivity contribution in [3.8, 4) is 18.4 Å². The van der Waals surface area contributed by atoms with E-state index in [2.05, 4.69) is 45.1 Å². The number of allylic oxidation sites excluding steroid dienone is 3. The van der Waals surface area contributed by atoms with Gasteiger partial charge in [0.05, 0.1) is 11.3 Å². The number of carbonyl (C=O) groups excluding carboxylic acids is 1. The SMILES string of the molecule is C#C/C=C(\C(C#N)=C/C)N1CCC(Nc2cc(C(=O)N3CCN(c4ccccn4)CC3)c(C)cc2C)CC1. The third kappa shape index (κ3) is 6.01. The first-order valence-corrected chi connectivity index (χ1v) is 13.3. The summed E-state index contributed by atoms with van der Waals surface area (Å²) in [6, 6.07) is 12.6. The van der Waals surface area contributed by atoms with Gasteiger partial charge in [-0.3, -0.25) is 4.79 Å². The van der Waals surface area contributed by atoms with Crippen LogP contribution in [0, 0.1) is 37.5 Å². The van der Waals surface area contributed by atoms with Crippen LogP contribution in [0.4, 0.5) is 11.5 Å². The fourth-order valence-corrected chi connectivity index (χ4v) is 5.26. The van der Waals surface area contributed by atoms with Gasteiger partial charge in [-0.2, -0.15) is 5.26 Å². The Morgan fingerprint density at radius 3 is 2.42 bits per heavy atom. The summed E-state index contributed by atoms with van der Waals surface area (Å²) in [7, 11) is 0. The highest BCUT2D eigenvalue weighted by Gasteiger charge is 2.26. The number of nitrogens with zero attached hydrogens (tertiary/aromatic N) is 5. The fourth-order valence-electron chi connectivity index (χ4n) is 5.26. The molecule has 1 aromatic heterocycles. The summed E-state index contributed by atoms with van der Waals surface area (Å²) in [6.07, 6.45) is 12.7. The number of amides is 1. The molecule has 7 nitrogen and oxygen atoms in total. The molecule has 4 rings (SSSR count). The first-order valence-electron chi connectivity index (χ1n) is 13.3. The van der Waals surface area contributed by atoms with E-state index < -0.39 is 0 Å². The number of rotatable bonds is 6. The Balaban J connectivity index is 1.40. The molecular weight excluding hydrogens is 472 g/mol. The third-order valence-corrected chi connectivity index (χ3v) is 7.44. The van der Waals surface area contributed by atoms with Gasteiger partial charge in [-0.15, -0.1) is 6.42 Å². The molecule has 2 aromatic rings. The number of piperidine rings is 1. The van der Waals surface area contributed by atoms with Crippen LogP contribution in [0.25, 0.3) is 0 Å². The number of anilines is 2. The number of carbonyl (C=O) groups is 1. The van der Waals surface area contributed by atoms with Crippen molar-refractivity contribution in [2.24, 2.45) is 0 Å². The number of hydrogen-bond acceptors (Lipinski definition) is 6.